The van der Waals surface area contributed by atoms with Crippen molar-refractivity contribution in [1.82, 2.24) is 5.32 Å². The topological polar surface area (TPSA) is 47.6 Å². The number of carbonyl (C=O) groups excluding carboxylic acids is 1. The van der Waals surface area contributed by atoms with Crippen LogP contribution in [0.5, 0.6) is 0 Å². The third kappa shape index (κ3) is 3.74. The summed E-state index contributed by atoms with van der Waals surface area (Å²) in [7, 11) is 0. The van der Waals surface area contributed by atoms with Crippen LogP contribution in [0.15, 0.2) is 35.7 Å². The number of ether oxygens (including phenoxy) is 2. The Balaban J connectivity index is 2.18. The first-order valence-electron chi connectivity index (χ1n) is 7.20. The standard InChI is InChI=1S/C16H20FNO3/c1-3-20-15-13(16(19)21-4-2)9-10-14(18-15)11-5-7-12(17)8-6-11/h5-8,14,18H,3-4,9-10H2,1-2H3/t14-/m1/s1. The van der Waals surface area contributed by atoms with Crippen molar-refractivity contribution >= 4 is 5.97 Å². The number of carbonyl (C=O) groups is 1. The second-order valence-electron chi connectivity index (χ2n) is 4.75. The smallest absolute Gasteiger partial charge is 0.339 e. The molecule has 1 aliphatic rings. The molecule has 4 nitrogen and oxygen atoms in total. The van der Waals surface area contributed by atoms with Crippen molar-refractivity contribution in [2.24, 2.45) is 0 Å². The average molecular weight is 293 g/mol. The molecule has 1 aromatic carbocycles. The molecule has 1 heterocycles. The van der Waals surface area contributed by atoms with Crippen molar-refractivity contribution in [2.75, 3.05) is 13.2 Å². The Bertz CT molecular complexity index is 525. The second kappa shape index (κ2) is 7.11. The summed E-state index contributed by atoms with van der Waals surface area (Å²) in [4.78, 5) is 11.9. The van der Waals surface area contributed by atoms with Crippen LogP contribution >= 0.6 is 0 Å². The van der Waals surface area contributed by atoms with E-state index in [4.69, 9.17) is 9.47 Å². The van der Waals surface area contributed by atoms with Crippen LogP contribution in [0.4, 0.5) is 4.39 Å². The Morgan fingerprint density at radius 1 is 1.29 bits per heavy atom. The Kier molecular flexibility index (Phi) is 5.20. The number of hydrogen-bond donors (Lipinski definition) is 1. The van der Waals surface area contributed by atoms with Gasteiger partial charge < -0.3 is 14.8 Å². The lowest BCUT2D eigenvalue weighted by molar-refractivity contribution is -0.139. The molecule has 1 atom stereocenters. The van der Waals surface area contributed by atoms with E-state index in [0.717, 1.165) is 12.0 Å². The van der Waals surface area contributed by atoms with Crippen LogP contribution in [-0.2, 0) is 14.3 Å². The van der Waals surface area contributed by atoms with E-state index in [1.807, 2.05) is 6.92 Å². The third-order valence-corrected chi connectivity index (χ3v) is 3.35. The Morgan fingerprint density at radius 2 is 2.00 bits per heavy atom. The lowest BCUT2D eigenvalue weighted by Crippen LogP contribution is -2.30. The van der Waals surface area contributed by atoms with E-state index < -0.39 is 0 Å². The zero-order valence-electron chi connectivity index (χ0n) is 12.3. The predicted octanol–water partition coefficient (Wildman–Crippen LogP) is 3.06. The summed E-state index contributed by atoms with van der Waals surface area (Å²) in [6.45, 7) is 4.43. The quantitative estimate of drug-likeness (QED) is 0.848. The normalized spacial score (nSPS) is 18.1. The maximum absolute atomic E-state index is 13.0. The molecule has 0 bridgehead atoms. The summed E-state index contributed by atoms with van der Waals surface area (Å²) in [5.74, 6) is -0.134. The molecule has 2 rings (SSSR count). The molecule has 0 spiro atoms. The van der Waals surface area contributed by atoms with E-state index in [2.05, 4.69) is 5.32 Å². The van der Waals surface area contributed by atoms with Crippen LogP contribution in [-0.4, -0.2) is 19.2 Å². The molecular formula is C16H20FNO3. The van der Waals surface area contributed by atoms with Gasteiger partial charge in [0.25, 0.3) is 0 Å². The first-order chi connectivity index (χ1) is 10.2. The van der Waals surface area contributed by atoms with Crippen molar-refractivity contribution in [3.8, 4) is 0 Å². The third-order valence-electron chi connectivity index (χ3n) is 3.35. The molecule has 1 aliphatic heterocycles. The number of rotatable bonds is 5. The molecule has 21 heavy (non-hydrogen) atoms. The van der Waals surface area contributed by atoms with Crippen molar-refractivity contribution in [3.05, 3.63) is 47.1 Å². The molecule has 1 N–H and O–H groups in total. The Labute approximate surface area is 123 Å². The van der Waals surface area contributed by atoms with Gasteiger partial charge >= 0.3 is 5.97 Å². The molecule has 114 valence electrons. The van der Waals surface area contributed by atoms with Crippen molar-refractivity contribution < 1.29 is 18.7 Å². The van der Waals surface area contributed by atoms with Crippen LogP contribution in [0.3, 0.4) is 0 Å². The van der Waals surface area contributed by atoms with Gasteiger partial charge in [0.2, 0.25) is 0 Å². The number of esters is 1. The fourth-order valence-corrected chi connectivity index (χ4v) is 2.35. The summed E-state index contributed by atoms with van der Waals surface area (Å²) in [5, 5.41) is 3.21. The van der Waals surface area contributed by atoms with E-state index in [1.54, 1.807) is 19.1 Å². The molecule has 0 amide bonds. The van der Waals surface area contributed by atoms with Gasteiger partial charge in [0.1, 0.15) is 5.82 Å². The van der Waals surface area contributed by atoms with Crippen LogP contribution in [0.1, 0.15) is 38.3 Å². The van der Waals surface area contributed by atoms with E-state index in [1.165, 1.54) is 12.1 Å². The lowest BCUT2D eigenvalue weighted by Gasteiger charge is -2.28. The van der Waals surface area contributed by atoms with E-state index in [0.29, 0.717) is 31.1 Å². The largest absolute Gasteiger partial charge is 0.479 e. The first kappa shape index (κ1) is 15.4. The molecule has 1 aromatic rings. The molecular weight excluding hydrogens is 273 g/mol. The number of hydrogen-bond acceptors (Lipinski definition) is 4. The first-order valence-corrected chi connectivity index (χ1v) is 7.20. The van der Waals surface area contributed by atoms with Gasteiger partial charge in [0.15, 0.2) is 5.88 Å². The van der Waals surface area contributed by atoms with Crippen molar-refractivity contribution in [1.29, 1.82) is 0 Å². The zero-order valence-corrected chi connectivity index (χ0v) is 12.3. The molecule has 0 radical (unpaired) electrons. The fraction of sp³-hybridized carbons (Fsp3) is 0.438. The van der Waals surface area contributed by atoms with Crippen LogP contribution in [0, 0.1) is 5.82 Å². The monoisotopic (exact) mass is 293 g/mol. The van der Waals surface area contributed by atoms with Crippen molar-refractivity contribution in [3.63, 3.8) is 0 Å². The predicted molar refractivity (Wildman–Crippen MR) is 76.8 cm³/mol. The van der Waals surface area contributed by atoms with E-state index in [9.17, 15) is 9.18 Å². The average Bonchev–Trinajstić information content (AvgIpc) is 2.48. The Hall–Kier alpha value is -2.04. The number of benzene rings is 1. The van der Waals surface area contributed by atoms with Crippen LogP contribution in [0.25, 0.3) is 0 Å². The summed E-state index contributed by atoms with van der Waals surface area (Å²) in [6.07, 6.45) is 1.31. The lowest BCUT2D eigenvalue weighted by atomic mass is 9.95. The van der Waals surface area contributed by atoms with Gasteiger partial charge in [-0.25, -0.2) is 9.18 Å². The molecule has 5 heteroatoms. The minimum absolute atomic E-state index is 0.00493. The summed E-state index contributed by atoms with van der Waals surface area (Å²) < 4.78 is 23.6. The van der Waals surface area contributed by atoms with E-state index in [-0.39, 0.29) is 17.8 Å². The minimum atomic E-state index is -0.342. The van der Waals surface area contributed by atoms with Gasteiger partial charge in [-0.1, -0.05) is 12.1 Å². The van der Waals surface area contributed by atoms with E-state index >= 15 is 0 Å². The highest BCUT2D eigenvalue weighted by Gasteiger charge is 2.27. The molecule has 0 aromatic heterocycles. The highest BCUT2D eigenvalue weighted by atomic mass is 19.1. The maximum Gasteiger partial charge on any atom is 0.339 e. The van der Waals surface area contributed by atoms with Gasteiger partial charge in [0.05, 0.1) is 24.8 Å². The molecule has 0 unspecified atom stereocenters. The fourth-order valence-electron chi connectivity index (χ4n) is 2.35. The number of nitrogens with one attached hydrogen (secondary N) is 1. The molecule has 0 aliphatic carbocycles. The van der Waals surface area contributed by atoms with Gasteiger partial charge in [-0.05, 0) is 44.4 Å². The Morgan fingerprint density at radius 3 is 2.62 bits per heavy atom. The number of halogens is 1. The van der Waals surface area contributed by atoms with Gasteiger partial charge in [-0.2, -0.15) is 0 Å². The maximum atomic E-state index is 13.0. The highest BCUT2D eigenvalue weighted by Crippen LogP contribution is 2.29. The van der Waals surface area contributed by atoms with Crippen molar-refractivity contribution in [2.45, 2.75) is 32.7 Å². The highest BCUT2D eigenvalue weighted by molar-refractivity contribution is 5.89. The van der Waals surface area contributed by atoms with Gasteiger partial charge in [-0.15, -0.1) is 0 Å². The molecule has 0 saturated carbocycles. The molecule has 0 fully saturated rings. The van der Waals surface area contributed by atoms with Crippen LogP contribution < -0.4 is 5.32 Å². The second-order valence-corrected chi connectivity index (χ2v) is 4.75. The minimum Gasteiger partial charge on any atom is -0.479 e. The van der Waals surface area contributed by atoms with Gasteiger partial charge in [0, 0.05) is 0 Å². The zero-order chi connectivity index (χ0) is 15.2. The van der Waals surface area contributed by atoms with Crippen LogP contribution in [0.2, 0.25) is 0 Å². The summed E-state index contributed by atoms with van der Waals surface area (Å²) in [5.41, 5.74) is 1.51. The summed E-state index contributed by atoms with van der Waals surface area (Å²) >= 11 is 0. The molecule has 0 saturated heterocycles. The summed E-state index contributed by atoms with van der Waals surface area (Å²) in [6, 6.07) is 6.35. The van der Waals surface area contributed by atoms with Gasteiger partial charge in [-0.3, -0.25) is 0 Å². The SMILES string of the molecule is CCOC(=O)C1=C(OCC)N[C@@H](c2ccc(F)cc2)CC1.